The first-order chi connectivity index (χ1) is 6.56. The number of nitrogens with two attached hydrogens (primary N) is 1. The van der Waals surface area contributed by atoms with Gasteiger partial charge >= 0.3 is 0 Å². The van der Waals surface area contributed by atoms with Crippen molar-refractivity contribution in [3.63, 3.8) is 0 Å². The molecule has 0 atom stereocenters. The van der Waals surface area contributed by atoms with E-state index < -0.39 is 0 Å². The Hall–Kier alpha value is -1.55. The first-order valence-corrected chi connectivity index (χ1v) is 4.30. The van der Waals surface area contributed by atoms with Gasteiger partial charge in [0.15, 0.2) is 0 Å². The molecule has 1 rings (SSSR count). The lowest BCUT2D eigenvalue weighted by Gasteiger charge is -2.12. The molecule has 0 aliphatic rings. The number of amides is 1. The molecule has 0 aliphatic heterocycles. The van der Waals surface area contributed by atoms with Gasteiger partial charge in [-0.3, -0.25) is 4.79 Å². The van der Waals surface area contributed by atoms with Gasteiger partial charge in [0.05, 0.1) is 5.56 Å². The monoisotopic (exact) mass is 194 g/mol. The van der Waals surface area contributed by atoms with Crippen molar-refractivity contribution in [3.05, 3.63) is 29.3 Å². The second-order valence-electron chi connectivity index (χ2n) is 3.26. The van der Waals surface area contributed by atoms with Gasteiger partial charge in [0.25, 0.3) is 5.91 Å². The molecular weight excluding hydrogens is 180 g/mol. The van der Waals surface area contributed by atoms with Crippen molar-refractivity contribution >= 4 is 5.91 Å². The summed E-state index contributed by atoms with van der Waals surface area (Å²) in [5, 5.41) is 9.46. The number of carbonyl (C=O) groups excluding carboxylic acids is 1. The lowest BCUT2D eigenvalue weighted by molar-refractivity contribution is 0.0824. The molecule has 1 aromatic carbocycles. The number of hydrogen-bond donors (Lipinski definition) is 2. The van der Waals surface area contributed by atoms with E-state index in [0.29, 0.717) is 6.54 Å². The van der Waals surface area contributed by atoms with Gasteiger partial charge in [0.1, 0.15) is 5.75 Å². The molecule has 0 spiro atoms. The summed E-state index contributed by atoms with van der Waals surface area (Å²) in [7, 11) is 3.27. The Morgan fingerprint density at radius 3 is 2.64 bits per heavy atom. The zero-order valence-corrected chi connectivity index (χ0v) is 8.32. The van der Waals surface area contributed by atoms with Gasteiger partial charge in [-0.2, -0.15) is 0 Å². The summed E-state index contributed by atoms with van der Waals surface area (Å²) in [4.78, 5) is 13.0. The second kappa shape index (κ2) is 4.11. The summed E-state index contributed by atoms with van der Waals surface area (Å²) in [6.07, 6.45) is 0. The molecule has 0 aromatic heterocycles. The Bertz CT molecular complexity index is 348. The Morgan fingerprint density at radius 1 is 1.50 bits per heavy atom. The average Bonchev–Trinajstić information content (AvgIpc) is 2.17. The molecule has 0 heterocycles. The highest BCUT2D eigenvalue weighted by atomic mass is 16.3. The third-order valence-electron chi connectivity index (χ3n) is 1.93. The van der Waals surface area contributed by atoms with Crippen LogP contribution in [0.1, 0.15) is 15.9 Å². The van der Waals surface area contributed by atoms with E-state index in [4.69, 9.17) is 5.73 Å². The first-order valence-electron chi connectivity index (χ1n) is 4.30. The third kappa shape index (κ3) is 2.03. The van der Waals surface area contributed by atoms with Crippen LogP contribution in [-0.4, -0.2) is 30.0 Å². The van der Waals surface area contributed by atoms with E-state index in [9.17, 15) is 9.90 Å². The second-order valence-corrected chi connectivity index (χ2v) is 3.26. The Morgan fingerprint density at radius 2 is 2.14 bits per heavy atom. The van der Waals surface area contributed by atoms with Gasteiger partial charge < -0.3 is 15.7 Å². The zero-order valence-electron chi connectivity index (χ0n) is 8.32. The SMILES string of the molecule is CN(C)C(=O)c1cc(CN)ccc1O. The van der Waals surface area contributed by atoms with Crippen LogP contribution in [0.15, 0.2) is 18.2 Å². The summed E-state index contributed by atoms with van der Waals surface area (Å²) in [6.45, 7) is 0.355. The summed E-state index contributed by atoms with van der Waals surface area (Å²) < 4.78 is 0. The van der Waals surface area contributed by atoms with E-state index >= 15 is 0 Å². The normalized spacial score (nSPS) is 9.93. The molecule has 0 bridgehead atoms. The minimum atomic E-state index is -0.224. The lowest BCUT2D eigenvalue weighted by Crippen LogP contribution is -2.22. The topological polar surface area (TPSA) is 66.6 Å². The summed E-state index contributed by atoms with van der Waals surface area (Å²) in [5.74, 6) is -0.237. The highest BCUT2D eigenvalue weighted by Gasteiger charge is 2.12. The number of benzene rings is 1. The summed E-state index contributed by atoms with van der Waals surface area (Å²) in [6, 6.07) is 4.79. The number of nitrogens with zero attached hydrogens (tertiary/aromatic N) is 1. The minimum Gasteiger partial charge on any atom is -0.507 e. The van der Waals surface area contributed by atoms with Crippen molar-refractivity contribution < 1.29 is 9.90 Å². The molecule has 0 fully saturated rings. The molecule has 0 radical (unpaired) electrons. The number of carbonyl (C=O) groups is 1. The number of phenols is 1. The zero-order chi connectivity index (χ0) is 10.7. The van der Waals surface area contributed by atoms with Gasteiger partial charge in [-0.05, 0) is 17.7 Å². The molecule has 76 valence electrons. The fourth-order valence-corrected chi connectivity index (χ4v) is 1.12. The van der Waals surface area contributed by atoms with Crippen molar-refractivity contribution in [1.29, 1.82) is 0 Å². The third-order valence-corrected chi connectivity index (χ3v) is 1.93. The van der Waals surface area contributed by atoms with E-state index in [1.807, 2.05) is 0 Å². The van der Waals surface area contributed by atoms with E-state index in [-0.39, 0.29) is 17.2 Å². The predicted molar refractivity (Wildman–Crippen MR) is 54.0 cm³/mol. The predicted octanol–water partition coefficient (Wildman–Crippen LogP) is 0.553. The number of phenolic OH excluding ortho intramolecular Hbond substituents is 1. The fourth-order valence-electron chi connectivity index (χ4n) is 1.12. The molecule has 14 heavy (non-hydrogen) atoms. The molecule has 0 aliphatic carbocycles. The molecule has 4 heteroatoms. The maximum atomic E-state index is 11.6. The Kier molecular flexibility index (Phi) is 3.09. The molecule has 0 saturated carbocycles. The van der Waals surface area contributed by atoms with Crippen LogP contribution in [0, 0.1) is 0 Å². The van der Waals surface area contributed by atoms with Crippen molar-refractivity contribution in [2.24, 2.45) is 5.73 Å². The molecule has 1 aromatic rings. The molecule has 3 N–H and O–H groups in total. The van der Waals surface area contributed by atoms with Crippen molar-refractivity contribution in [1.82, 2.24) is 4.90 Å². The van der Waals surface area contributed by atoms with Gasteiger partial charge in [0.2, 0.25) is 0 Å². The number of aromatic hydroxyl groups is 1. The first kappa shape index (κ1) is 10.5. The van der Waals surface area contributed by atoms with Crippen molar-refractivity contribution in [2.45, 2.75) is 6.54 Å². The molecular formula is C10H14N2O2. The van der Waals surface area contributed by atoms with Crippen LogP contribution in [0.4, 0.5) is 0 Å². The largest absolute Gasteiger partial charge is 0.507 e. The lowest BCUT2D eigenvalue weighted by atomic mass is 10.1. The summed E-state index contributed by atoms with van der Waals surface area (Å²) >= 11 is 0. The van der Waals surface area contributed by atoms with E-state index in [2.05, 4.69) is 0 Å². The highest BCUT2D eigenvalue weighted by molar-refractivity contribution is 5.96. The molecule has 0 unspecified atom stereocenters. The van der Waals surface area contributed by atoms with Gasteiger partial charge in [-0.1, -0.05) is 6.07 Å². The van der Waals surface area contributed by atoms with E-state index in [1.165, 1.54) is 11.0 Å². The van der Waals surface area contributed by atoms with Gasteiger partial charge in [-0.15, -0.1) is 0 Å². The van der Waals surface area contributed by atoms with Crippen molar-refractivity contribution in [3.8, 4) is 5.75 Å². The van der Waals surface area contributed by atoms with E-state index in [0.717, 1.165) is 5.56 Å². The fraction of sp³-hybridized carbons (Fsp3) is 0.300. The number of hydrogen-bond acceptors (Lipinski definition) is 3. The van der Waals surface area contributed by atoms with Crippen LogP contribution in [0.25, 0.3) is 0 Å². The quantitative estimate of drug-likeness (QED) is 0.722. The molecule has 4 nitrogen and oxygen atoms in total. The minimum absolute atomic E-state index is 0.0131. The standard InChI is InChI=1S/C10H14N2O2/c1-12(2)10(14)8-5-7(6-11)3-4-9(8)13/h3-5,13H,6,11H2,1-2H3. The summed E-state index contributed by atoms with van der Waals surface area (Å²) in [5.41, 5.74) is 6.56. The maximum Gasteiger partial charge on any atom is 0.257 e. The van der Waals surface area contributed by atoms with Crippen LogP contribution in [0.5, 0.6) is 5.75 Å². The Balaban J connectivity index is 3.12. The van der Waals surface area contributed by atoms with Gasteiger partial charge in [-0.25, -0.2) is 0 Å². The van der Waals surface area contributed by atoms with Crippen LogP contribution in [0.3, 0.4) is 0 Å². The van der Waals surface area contributed by atoms with Crippen LogP contribution < -0.4 is 5.73 Å². The van der Waals surface area contributed by atoms with E-state index in [1.54, 1.807) is 26.2 Å². The average molecular weight is 194 g/mol. The van der Waals surface area contributed by atoms with Crippen LogP contribution in [-0.2, 0) is 6.54 Å². The Labute approximate surface area is 82.9 Å². The van der Waals surface area contributed by atoms with Crippen LogP contribution in [0.2, 0.25) is 0 Å². The molecule has 0 saturated heterocycles. The highest BCUT2D eigenvalue weighted by Crippen LogP contribution is 2.19. The van der Waals surface area contributed by atoms with Gasteiger partial charge in [0, 0.05) is 20.6 Å². The smallest absolute Gasteiger partial charge is 0.257 e. The molecule has 1 amide bonds. The van der Waals surface area contributed by atoms with Crippen molar-refractivity contribution in [2.75, 3.05) is 14.1 Å². The van der Waals surface area contributed by atoms with Crippen LogP contribution >= 0.6 is 0 Å². The number of rotatable bonds is 2. The maximum absolute atomic E-state index is 11.6.